The van der Waals surface area contributed by atoms with Gasteiger partial charge < -0.3 is 9.84 Å². The standard InChI is InChI=1S/C13H15NO4/c1-9-8-10(12(15)16)4-5-11(9)14-6-2-3-7-18-13(14)17/h4-5,8H,2-3,6-7H2,1H3,(H,15,16). The minimum atomic E-state index is -0.969. The van der Waals surface area contributed by atoms with Crippen molar-refractivity contribution >= 4 is 17.7 Å². The number of rotatable bonds is 2. The molecule has 1 amide bonds. The molecule has 0 aromatic heterocycles. The molecule has 0 bridgehead atoms. The molecule has 0 saturated carbocycles. The fourth-order valence-electron chi connectivity index (χ4n) is 2.01. The molecule has 1 N–H and O–H groups in total. The summed E-state index contributed by atoms with van der Waals surface area (Å²) in [6.07, 6.45) is 1.37. The molecule has 96 valence electrons. The Morgan fingerprint density at radius 2 is 2.17 bits per heavy atom. The normalized spacial score (nSPS) is 16.1. The Balaban J connectivity index is 2.32. The van der Waals surface area contributed by atoms with E-state index in [0.29, 0.717) is 18.8 Å². The number of cyclic esters (lactones) is 1. The van der Waals surface area contributed by atoms with Crippen molar-refractivity contribution in [1.29, 1.82) is 0 Å². The lowest BCUT2D eigenvalue weighted by molar-refractivity contribution is 0.0696. The summed E-state index contributed by atoms with van der Waals surface area (Å²) in [6.45, 7) is 2.84. The number of carboxylic acid groups (broad SMARTS) is 1. The molecule has 1 saturated heterocycles. The van der Waals surface area contributed by atoms with Crippen molar-refractivity contribution in [2.24, 2.45) is 0 Å². The summed E-state index contributed by atoms with van der Waals surface area (Å²) in [7, 11) is 0. The van der Waals surface area contributed by atoms with E-state index in [1.807, 2.05) is 0 Å². The Morgan fingerprint density at radius 1 is 1.39 bits per heavy atom. The molecule has 1 aliphatic rings. The first kappa shape index (κ1) is 12.4. The predicted octanol–water partition coefficient (Wildman–Crippen LogP) is 2.43. The molecule has 1 aliphatic heterocycles. The predicted molar refractivity (Wildman–Crippen MR) is 66.1 cm³/mol. The van der Waals surface area contributed by atoms with Crippen LogP contribution >= 0.6 is 0 Å². The summed E-state index contributed by atoms with van der Waals surface area (Å²) in [6, 6.07) is 4.73. The third-order valence-electron chi connectivity index (χ3n) is 2.96. The largest absolute Gasteiger partial charge is 0.478 e. The molecule has 18 heavy (non-hydrogen) atoms. The van der Waals surface area contributed by atoms with Gasteiger partial charge in [0.25, 0.3) is 0 Å². The van der Waals surface area contributed by atoms with E-state index >= 15 is 0 Å². The van der Waals surface area contributed by atoms with Gasteiger partial charge in [-0.3, -0.25) is 4.90 Å². The second-order valence-corrected chi connectivity index (χ2v) is 4.28. The number of hydrogen-bond acceptors (Lipinski definition) is 3. The molecule has 1 aromatic carbocycles. The lowest BCUT2D eigenvalue weighted by Crippen LogP contribution is -2.31. The van der Waals surface area contributed by atoms with Crippen LogP contribution in [0.25, 0.3) is 0 Å². The van der Waals surface area contributed by atoms with Crippen LogP contribution in [0.5, 0.6) is 0 Å². The van der Waals surface area contributed by atoms with Crippen LogP contribution in [0.3, 0.4) is 0 Å². The van der Waals surface area contributed by atoms with E-state index in [1.54, 1.807) is 24.0 Å². The summed E-state index contributed by atoms with van der Waals surface area (Å²) in [4.78, 5) is 24.2. The van der Waals surface area contributed by atoms with Gasteiger partial charge in [0.15, 0.2) is 0 Å². The lowest BCUT2D eigenvalue weighted by atomic mass is 10.1. The molecule has 0 unspecified atom stereocenters. The first-order chi connectivity index (χ1) is 8.59. The molecule has 2 rings (SSSR count). The highest BCUT2D eigenvalue weighted by Gasteiger charge is 2.21. The van der Waals surface area contributed by atoms with Gasteiger partial charge in [-0.05, 0) is 43.5 Å². The van der Waals surface area contributed by atoms with Crippen molar-refractivity contribution in [3.8, 4) is 0 Å². The Kier molecular flexibility index (Phi) is 3.50. The van der Waals surface area contributed by atoms with Crippen LogP contribution in [0.15, 0.2) is 18.2 Å². The Morgan fingerprint density at radius 3 is 2.83 bits per heavy atom. The van der Waals surface area contributed by atoms with Gasteiger partial charge in [-0.25, -0.2) is 9.59 Å². The minimum Gasteiger partial charge on any atom is -0.478 e. The molecular weight excluding hydrogens is 234 g/mol. The summed E-state index contributed by atoms with van der Waals surface area (Å²) in [5.41, 5.74) is 1.69. The van der Waals surface area contributed by atoms with Gasteiger partial charge in [0, 0.05) is 12.2 Å². The number of ether oxygens (including phenoxy) is 1. The first-order valence-corrected chi connectivity index (χ1v) is 5.88. The highest BCUT2D eigenvalue weighted by molar-refractivity contribution is 5.92. The molecule has 0 spiro atoms. The maximum Gasteiger partial charge on any atom is 0.414 e. The molecule has 0 radical (unpaired) electrons. The van der Waals surface area contributed by atoms with E-state index in [0.717, 1.165) is 18.4 Å². The van der Waals surface area contributed by atoms with Gasteiger partial charge in [-0.15, -0.1) is 0 Å². The van der Waals surface area contributed by atoms with Crippen LogP contribution in [0, 0.1) is 6.92 Å². The number of carbonyl (C=O) groups is 2. The zero-order chi connectivity index (χ0) is 13.1. The van der Waals surface area contributed by atoms with Crippen LogP contribution in [-0.4, -0.2) is 30.3 Å². The molecule has 1 fully saturated rings. The smallest absolute Gasteiger partial charge is 0.414 e. The zero-order valence-electron chi connectivity index (χ0n) is 10.2. The quantitative estimate of drug-likeness (QED) is 0.874. The van der Waals surface area contributed by atoms with Crippen molar-refractivity contribution in [3.63, 3.8) is 0 Å². The molecule has 0 atom stereocenters. The summed E-state index contributed by atoms with van der Waals surface area (Å²) >= 11 is 0. The monoisotopic (exact) mass is 249 g/mol. The maximum atomic E-state index is 11.8. The minimum absolute atomic E-state index is 0.222. The second kappa shape index (κ2) is 5.08. The summed E-state index contributed by atoms with van der Waals surface area (Å²) in [5.74, 6) is -0.969. The van der Waals surface area contributed by atoms with Crippen molar-refractivity contribution < 1.29 is 19.4 Å². The first-order valence-electron chi connectivity index (χ1n) is 5.88. The van der Waals surface area contributed by atoms with Crippen LogP contribution in [-0.2, 0) is 4.74 Å². The van der Waals surface area contributed by atoms with Gasteiger partial charge in [0.2, 0.25) is 0 Å². The van der Waals surface area contributed by atoms with E-state index in [4.69, 9.17) is 9.84 Å². The number of benzene rings is 1. The van der Waals surface area contributed by atoms with E-state index in [2.05, 4.69) is 0 Å². The van der Waals surface area contributed by atoms with Crippen molar-refractivity contribution in [3.05, 3.63) is 29.3 Å². The molecule has 5 heteroatoms. The number of carbonyl (C=O) groups excluding carboxylic acids is 1. The fourth-order valence-corrected chi connectivity index (χ4v) is 2.01. The topological polar surface area (TPSA) is 66.8 Å². The van der Waals surface area contributed by atoms with E-state index in [1.165, 1.54) is 6.07 Å². The average molecular weight is 249 g/mol. The average Bonchev–Trinajstić information content (AvgIpc) is 2.54. The highest BCUT2D eigenvalue weighted by Crippen LogP contribution is 2.24. The second-order valence-electron chi connectivity index (χ2n) is 4.28. The third-order valence-corrected chi connectivity index (χ3v) is 2.96. The van der Waals surface area contributed by atoms with Crippen molar-refractivity contribution in [1.82, 2.24) is 0 Å². The van der Waals surface area contributed by atoms with Gasteiger partial charge in [-0.1, -0.05) is 0 Å². The van der Waals surface area contributed by atoms with E-state index < -0.39 is 5.97 Å². The molecular formula is C13H15NO4. The fraction of sp³-hybridized carbons (Fsp3) is 0.385. The Labute approximate surface area is 105 Å². The lowest BCUT2D eigenvalue weighted by Gasteiger charge is -2.21. The van der Waals surface area contributed by atoms with E-state index in [-0.39, 0.29) is 11.7 Å². The van der Waals surface area contributed by atoms with Crippen molar-refractivity contribution in [2.45, 2.75) is 19.8 Å². The van der Waals surface area contributed by atoms with Crippen molar-refractivity contribution in [2.75, 3.05) is 18.1 Å². The zero-order valence-corrected chi connectivity index (χ0v) is 10.2. The summed E-state index contributed by atoms with van der Waals surface area (Å²) in [5, 5.41) is 8.90. The number of amides is 1. The number of hydrogen-bond donors (Lipinski definition) is 1. The van der Waals surface area contributed by atoms with Gasteiger partial charge in [-0.2, -0.15) is 0 Å². The van der Waals surface area contributed by atoms with Gasteiger partial charge in [0.05, 0.1) is 12.2 Å². The molecule has 0 aliphatic carbocycles. The number of carboxylic acids is 1. The molecule has 1 heterocycles. The molecule has 1 aromatic rings. The Bertz CT molecular complexity index is 484. The SMILES string of the molecule is Cc1cc(C(=O)O)ccc1N1CCCCOC1=O. The maximum absolute atomic E-state index is 11.8. The van der Waals surface area contributed by atoms with Crippen LogP contribution in [0.4, 0.5) is 10.5 Å². The van der Waals surface area contributed by atoms with Crippen LogP contribution in [0.2, 0.25) is 0 Å². The van der Waals surface area contributed by atoms with Crippen LogP contribution in [0.1, 0.15) is 28.8 Å². The van der Waals surface area contributed by atoms with Gasteiger partial charge >= 0.3 is 12.1 Å². The highest BCUT2D eigenvalue weighted by atomic mass is 16.6. The number of aryl methyl sites for hydroxylation is 1. The molecule has 5 nitrogen and oxygen atoms in total. The number of anilines is 1. The van der Waals surface area contributed by atoms with Gasteiger partial charge in [0.1, 0.15) is 0 Å². The number of aromatic carboxylic acids is 1. The van der Waals surface area contributed by atoms with Crippen LogP contribution < -0.4 is 4.90 Å². The summed E-state index contributed by atoms with van der Waals surface area (Å²) < 4.78 is 5.07. The Hall–Kier alpha value is -2.04. The third kappa shape index (κ3) is 2.45. The number of nitrogens with zero attached hydrogens (tertiary/aromatic N) is 1. The van der Waals surface area contributed by atoms with E-state index in [9.17, 15) is 9.59 Å².